The third-order valence-corrected chi connectivity index (χ3v) is 4.77. The van der Waals surface area contributed by atoms with Crippen LogP contribution in [0.2, 0.25) is 0 Å². The Hall–Kier alpha value is -1.23. The molecule has 0 heterocycles. The maximum Gasteiger partial charge on any atom is 0.124 e. The zero-order chi connectivity index (χ0) is 15.5. The molecule has 4 heteroatoms. The van der Waals surface area contributed by atoms with E-state index in [1.807, 2.05) is 18.2 Å². The van der Waals surface area contributed by atoms with Crippen LogP contribution >= 0.6 is 15.9 Å². The van der Waals surface area contributed by atoms with Gasteiger partial charge in [0.15, 0.2) is 0 Å². The van der Waals surface area contributed by atoms with Gasteiger partial charge in [0.2, 0.25) is 0 Å². The second-order valence-corrected chi connectivity index (χ2v) is 6.60. The number of halogens is 2. The van der Waals surface area contributed by atoms with Crippen molar-refractivity contribution in [2.24, 2.45) is 5.84 Å². The molecule has 3 N–H and O–H groups in total. The molecular formula is C17H20BrFN2. The number of hydrazine groups is 1. The van der Waals surface area contributed by atoms with Crippen molar-refractivity contribution in [1.29, 1.82) is 0 Å². The fourth-order valence-electron chi connectivity index (χ4n) is 2.50. The third kappa shape index (κ3) is 3.70. The summed E-state index contributed by atoms with van der Waals surface area (Å²) in [5.41, 5.74) is 5.01. The topological polar surface area (TPSA) is 38.0 Å². The van der Waals surface area contributed by atoms with Crippen molar-refractivity contribution >= 4 is 15.9 Å². The molecule has 0 amide bonds. The fraction of sp³-hybridized carbons (Fsp3) is 0.294. The van der Waals surface area contributed by atoms with Gasteiger partial charge in [0.25, 0.3) is 0 Å². The van der Waals surface area contributed by atoms with Crippen LogP contribution in [0.15, 0.2) is 53.0 Å². The van der Waals surface area contributed by atoms with Gasteiger partial charge in [-0.05, 0) is 29.7 Å². The molecule has 0 radical (unpaired) electrons. The molecule has 112 valence electrons. The van der Waals surface area contributed by atoms with Gasteiger partial charge in [0.05, 0.1) is 0 Å². The van der Waals surface area contributed by atoms with Crippen LogP contribution in [0, 0.1) is 5.82 Å². The Balaban J connectivity index is 2.27. The van der Waals surface area contributed by atoms with E-state index in [2.05, 4.69) is 47.3 Å². The quantitative estimate of drug-likeness (QED) is 0.633. The van der Waals surface area contributed by atoms with E-state index in [4.69, 9.17) is 5.84 Å². The van der Waals surface area contributed by atoms with E-state index in [9.17, 15) is 4.39 Å². The van der Waals surface area contributed by atoms with Gasteiger partial charge in [-0.15, -0.1) is 0 Å². The number of hydrogen-bond donors (Lipinski definition) is 2. The molecular weight excluding hydrogens is 331 g/mol. The predicted molar refractivity (Wildman–Crippen MR) is 88.4 cm³/mol. The van der Waals surface area contributed by atoms with Gasteiger partial charge in [0.1, 0.15) is 5.82 Å². The van der Waals surface area contributed by atoms with Crippen LogP contribution in [0.3, 0.4) is 0 Å². The molecule has 2 aromatic rings. The highest BCUT2D eigenvalue weighted by Gasteiger charge is 2.31. The molecule has 0 saturated carbocycles. The maximum atomic E-state index is 13.2. The molecule has 0 aliphatic heterocycles. The Kier molecular flexibility index (Phi) is 5.14. The first-order valence-electron chi connectivity index (χ1n) is 6.90. The van der Waals surface area contributed by atoms with Crippen LogP contribution < -0.4 is 11.3 Å². The Morgan fingerprint density at radius 3 is 2.43 bits per heavy atom. The van der Waals surface area contributed by atoms with Crippen LogP contribution in [-0.2, 0) is 11.8 Å². The maximum absolute atomic E-state index is 13.2. The minimum Gasteiger partial charge on any atom is -0.271 e. The van der Waals surface area contributed by atoms with Crippen molar-refractivity contribution in [2.75, 3.05) is 0 Å². The van der Waals surface area contributed by atoms with Crippen LogP contribution in [0.5, 0.6) is 0 Å². The summed E-state index contributed by atoms with van der Waals surface area (Å²) in [6.07, 6.45) is 0.708. The molecule has 2 nitrogen and oxygen atoms in total. The summed E-state index contributed by atoms with van der Waals surface area (Å²) < 4.78 is 14.0. The number of rotatable bonds is 5. The second kappa shape index (κ2) is 6.69. The van der Waals surface area contributed by atoms with Gasteiger partial charge in [-0.3, -0.25) is 11.3 Å². The molecule has 21 heavy (non-hydrogen) atoms. The van der Waals surface area contributed by atoms with Crippen molar-refractivity contribution in [3.8, 4) is 0 Å². The number of benzene rings is 2. The largest absolute Gasteiger partial charge is 0.271 e. The summed E-state index contributed by atoms with van der Waals surface area (Å²) in [5, 5.41) is 0. The molecule has 2 rings (SSSR count). The molecule has 0 saturated heterocycles. The molecule has 1 unspecified atom stereocenters. The van der Waals surface area contributed by atoms with Gasteiger partial charge < -0.3 is 0 Å². The SMILES string of the molecule is CC(C)(c1ccccc1)C(Cc1ccc(F)cc1Br)NN. The fourth-order valence-corrected chi connectivity index (χ4v) is 3.01. The van der Waals surface area contributed by atoms with Crippen molar-refractivity contribution in [3.05, 3.63) is 69.9 Å². The molecule has 0 bridgehead atoms. The summed E-state index contributed by atoms with van der Waals surface area (Å²) in [7, 11) is 0. The van der Waals surface area contributed by atoms with E-state index in [0.29, 0.717) is 6.42 Å². The highest BCUT2D eigenvalue weighted by Crippen LogP contribution is 2.30. The Labute approximate surface area is 133 Å². The van der Waals surface area contributed by atoms with E-state index in [0.717, 1.165) is 10.0 Å². The molecule has 1 atom stereocenters. The van der Waals surface area contributed by atoms with Crippen molar-refractivity contribution in [2.45, 2.75) is 31.7 Å². The Bertz CT molecular complexity index is 599. The average Bonchev–Trinajstić information content (AvgIpc) is 2.47. The lowest BCUT2D eigenvalue weighted by molar-refractivity contribution is 0.341. The monoisotopic (exact) mass is 350 g/mol. The summed E-state index contributed by atoms with van der Waals surface area (Å²) in [4.78, 5) is 0. The van der Waals surface area contributed by atoms with Crippen molar-refractivity contribution in [3.63, 3.8) is 0 Å². The Morgan fingerprint density at radius 2 is 1.86 bits per heavy atom. The van der Waals surface area contributed by atoms with Gasteiger partial charge >= 0.3 is 0 Å². The lowest BCUT2D eigenvalue weighted by Crippen LogP contribution is -2.49. The first-order chi connectivity index (χ1) is 9.95. The molecule has 0 aliphatic carbocycles. The van der Waals surface area contributed by atoms with E-state index in [-0.39, 0.29) is 17.3 Å². The number of nitrogens with one attached hydrogen (secondary N) is 1. The van der Waals surface area contributed by atoms with Crippen molar-refractivity contribution in [1.82, 2.24) is 5.43 Å². The van der Waals surface area contributed by atoms with E-state index in [1.165, 1.54) is 17.7 Å². The second-order valence-electron chi connectivity index (χ2n) is 5.75. The summed E-state index contributed by atoms with van der Waals surface area (Å²) in [6.45, 7) is 4.31. The van der Waals surface area contributed by atoms with E-state index >= 15 is 0 Å². The molecule has 2 aromatic carbocycles. The predicted octanol–water partition coefficient (Wildman–Crippen LogP) is 3.94. The van der Waals surface area contributed by atoms with Crippen LogP contribution in [0.1, 0.15) is 25.0 Å². The van der Waals surface area contributed by atoms with Gasteiger partial charge in [-0.1, -0.05) is 66.2 Å². The number of nitrogens with two attached hydrogens (primary N) is 1. The van der Waals surface area contributed by atoms with E-state index in [1.54, 1.807) is 6.07 Å². The lowest BCUT2D eigenvalue weighted by Gasteiger charge is -2.35. The zero-order valence-electron chi connectivity index (χ0n) is 12.2. The first-order valence-corrected chi connectivity index (χ1v) is 7.70. The lowest BCUT2D eigenvalue weighted by atomic mass is 9.76. The average molecular weight is 351 g/mol. The van der Waals surface area contributed by atoms with Gasteiger partial charge in [-0.25, -0.2) is 4.39 Å². The number of hydrogen-bond acceptors (Lipinski definition) is 2. The first kappa shape index (κ1) is 16.1. The van der Waals surface area contributed by atoms with Crippen LogP contribution in [0.4, 0.5) is 4.39 Å². The van der Waals surface area contributed by atoms with E-state index < -0.39 is 0 Å². The molecule has 0 aromatic heterocycles. The molecule has 0 spiro atoms. The highest BCUT2D eigenvalue weighted by atomic mass is 79.9. The normalized spacial score (nSPS) is 13.2. The zero-order valence-corrected chi connectivity index (χ0v) is 13.8. The minimum absolute atomic E-state index is 0.0293. The summed E-state index contributed by atoms with van der Waals surface area (Å²) in [5.74, 6) is 5.54. The smallest absolute Gasteiger partial charge is 0.124 e. The van der Waals surface area contributed by atoms with Gasteiger partial charge in [-0.2, -0.15) is 0 Å². The minimum atomic E-state index is -0.245. The molecule has 0 aliphatic rings. The van der Waals surface area contributed by atoms with Crippen LogP contribution in [0.25, 0.3) is 0 Å². The van der Waals surface area contributed by atoms with Crippen LogP contribution in [-0.4, -0.2) is 6.04 Å². The highest BCUT2D eigenvalue weighted by molar-refractivity contribution is 9.10. The van der Waals surface area contributed by atoms with Gasteiger partial charge in [0, 0.05) is 15.9 Å². The standard InChI is InChI=1S/C17H20BrFN2/c1-17(2,13-6-4-3-5-7-13)16(21-20)10-12-8-9-14(19)11-15(12)18/h3-9,11,16,21H,10,20H2,1-2H3. The Morgan fingerprint density at radius 1 is 1.19 bits per heavy atom. The third-order valence-electron chi connectivity index (χ3n) is 4.03. The molecule has 0 fully saturated rings. The summed E-state index contributed by atoms with van der Waals surface area (Å²) in [6, 6.07) is 15.0. The summed E-state index contributed by atoms with van der Waals surface area (Å²) >= 11 is 3.42. The van der Waals surface area contributed by atoms with Crippen molar-refractivity contribution < 1.29 is 4.39 Å².